The molecular weight excluding hydrogens is 132 g/mol. The Balaban J connectivity index is -0.0000000154. The molecule has 8 heavy (non-hydrogen) atoms. The van der Waals surface area contributed by atoms with Crippen molar-refractivity contribution in [2.75, 3.05) is 0 Å². The number of carboxylic acids is 1. The fraction of sp³-hybridized carbons (Fsp3) is 0. The number of carboxylic acid groups (broad SMARTS) is 1. The predicted octanol–water partition coefficient (Wildman–Crippen LogP) is 1.17. The molecule has 0 unspecified atom stereocenters. The Bertz CT molecular complexity index is 78.0. The Hall–Kier alpha value is 0.210. The molecule has 0 fully saturated rings. The van der Waals surface area contributed by atoms with Gasteiger partial charge in [-0.1, -0.05) is 6.58 Å². The minimum atomic E-state index is -0.981. The van der Waals surface area contributed by atoms with Crippen LogP contribution >= 0.6 is 0 Å². The molecule has 0 bridgehead atoms. The molecule has 0 aromatic heterocycles. The molecule has 1 N–H and O–H groups in total. The van der Waals surface area contributed by atoms with Gasteiger partial charge in [0.2, 0.25) is 0 Å². The van der Waals surface area contributed by atoms with Crippen LogP contribution in [0.1, 0.15) is 2.85 Å². The minimum Gasteiger partial charge on any atom is -0.478 e. The summed E-state index contributed by atoms with van der Waals surface area (Å²) in [5.74, 6) is -0.981. The van der Waals surface area contributed by atoms with Crippen LogP contribution in [-0.2, 0) is 4.79 Å². The van der Waals surface area contributed by atoms with Crippen molar-refractivity contribution in [3.8, 4) is 0 Å². The fourth-order valence-electron chi connectivity index (χ4n) is 0. The van der Waals surface area contributed by atoms with E-state index >= 15 is 0 Å². The van der Waals surface area contributed by atoms with Crippen molar-refractivity contribution < 1.29 is 12.8 Å². The van der Waals surface area contributed by atoms with Gasteiger partial charge >= 0.3 is 5.97 Å². The van der Waals surface area contributed by atoms with Crippen LogP contribution in [0.3, 0.4) is 0 Å². The van der Waals surface area contributed by atoms with Crippen LogP contribution < -0.4 is 0 Å². The standard InChI is InChI=1S/C3H4O2.C2H4.Ca.2H2/c1-2-3(4)5;1-2;;;/h2H,1H2,(H,4,5);1-2H2;;2*1H. The zero-order valence-electron chi connectivity index (χ0n) is 4.76. The van der Waals surface area contributed by atoms with Crippen molar-refractivity contribution in [2.24, 2.45) is 0 Å². The van der Waals surface area contributed by atoms with Gasteiger partial charge < -0.3 is 5.11 Å². The van der Waals surface area contributed by atoms with Gasteiger partial charge in [0.05, 0.1) is 0 Å². The van der Waals surface area contributed by atoms with Crippen molar-refractivity contribution >= 4 is 43.7 Å². The summed E-state index contributed by atoms with van der Waals surface area (Å²) in [4.78, 5) is 9.25. The van der Waals surface area contributed by atoms with Gasteiger partial charge in [-0.25, -0.2) is 4.79 Å². The van der Waals surface area contributed by atoms with Crippen LogP contribution in [0.15, 0.2) is 25.8 Å². The third-order valence-electron chi connectivity index (χ3n) is 0.175. The monoisotopic (exact) mass is 144 g/mol. The van der Waals surface area contributed by atoms with Gasteiger partial charge in [0, 0.05) is 46.7 Å². The van der Waals surface area contributed by atoms with Crippen LogP contribution in [0.25, 0.3) is 0 Å². The van der Waals surface area contributed by atoms with Crippen molar-refractivity contribution in [3.05, 3.63) is 25.8 Å². The topological polar surface area (TPSA) is 37.3 Å². The van der Waals surface area contributed by atoms with Gasteiger partial charge in [-0.3, -0.25) is 0 Å². The maximum Gasteiger partial charge on any atom is 0.327 e. The van der Waals surface area contributed by atoms with Crippen LogP contribution in [0.4, 0.5) is 0 Å². The Morgan fingerprint density at radius 1 is 1.62 bits per heavy atom. The molecular formula is C5H12CaO2. The second-order valence-electron chi connectivity index (χ2n) is 0.542. The van der Waals surface area contributed by atoms with Crippen molar-refractivity contribution in [2.45, 2.75) is 0 Å². The largest absolute Gasteiger partial charge is 0.478 e. The van der Waals surface area contributed by atoms with E-state index in [0.29, 0.717) is 0 Å². The molecule has 46 valence electrons. The predicted molar refractivity (Wildman–Crippen MR) is 39.1 cm³/mol. The molecule has 0 rings (SSSR count). The SMILES string of the molecule is C=C.C=CC(=O)O.[Ca].[HH].[HH]. The number of aliphatic carboxylic acids is 1. The molecule has 0 aliphatic heterocycles. The van der Waals surface area contributed by atoms with Gasteiger partial charge in [-0.05, 0) is 0 Å². The van der Waals surface area contributed by atoms with Gasteiger partial charge in [0.25, 0.3) is 0 Å². The fourth-order valence-corrected chi connectivity index (χ4v) is 0. The van der Waals surface area contributed by atoms with Gasteiger partial charge in [0.15, 0.2) is 0 Å². The van der Waals surface area contributed by atoms with Crippen molar-refractivity contribution in [1.29, 1.82) is 0 Å². The molecule has 3 heteroatoms. The van der Waals surface area contributed by atoms with Gasteiger partial charge in [0.1, 0.15) is 0 Å². The molecule has 0 saturated carbocycles. The zero-order valence-corrected chi connectivity index (χ0v) is 6.97. The summed E-state index contributed by atoms with van der Waals surface area (Å²) >= 11 is 0. The number of hydrogen-bond donors (Lipinski definition) is 1. The van der Waals surface area contributed by atoms with E-state index in [-0.39, 0.29) is 40.6 Å². The molecule has 2 radical (unpaired) electrons. The first-order valence-electron chi connectivity index (χ1n) is 1.62. The Morgan fingerprint density at radius 3 is 1.75 bits per heavy atom. The molecule has 0 atom stereocenters. The van der Waals surface area contributed by atoms with E-state index in [4.69, 9.17) is 5.11 Å². The van der Waals surface area contributed by atoms with E-state index < -0.39 is 5.97 Å². The van der Waals surface area contributed by atoms with E-state index in [9.17, 15) is 4.79 Å². The smallest absolute Gasteiger partial charge is 0.327 e. The number of hydrogen-bond acceptors (Lipinski definition) is 1. The molecule has 0 heterocycles. The summed E-state index contributed by atoms with van der Waals surface area (Å²) in [6, 6.07) is 0. The third-order valence-corrected chi connectivity index (χ3v) is 0.175. The van der Waals surface area contributed by atoms with Gasteiger partial charge in [-0.2, -0.15) is 0 Å². The first-order valence-corrected chi connectivity index (χ1v) is 1.62. The molecule has 0 aliphatic rings. The molecule has 0 saturated heterocycles. The van der Waals surface area contributed by atoms with Crippen molar-refractivity contribution in [1.82, 2.24) is 0 Å². The number of carbonyl (C=O) groups is 1. The second kappa shape index (κ2) is 15.7. The minimum absolute atomic E-state index is 0. The maximum absolute atomic E-state index is 9.25. The Morgan fingerprint density at radius 2 is 1.75 bits per heavy atom. The molecule has 0 aliphatic carbocycles. The quantitative estimate of drug-likeness (QED) is 0.341. The Labute approximate surface area is 81.9 Å². The average molecular weight is 144 g/mol. The molecule has 0 aromatic rings. The first-order chi connectivity index (χ1) is 3.27. The third kappa shape index (κ3) is 34.5. The van der Waals surface area contributed by atoms with E-state index in [2.05, 4.69) is 19.7 Å². The summed E-state index contributed by atoms with van der Waals surface area (Å²) in [6.45, 7) is 8.96. The van der Waals surface area contributed by atoms with Gasteiger partial charge in [-0.15, -0.1) is 13.2 Å². The maximum atomic E-state index is 9.25. The summed E-state index contributed by atoms with van der Waals surface area (Å²) in [5, 5.41) is 7.60. The van der Waals surface area contributed by atoms with Crippen molar-refractivity contribution in [3.63, 3.8) is 0 Å². The summed E-state index contributed by atoms with van der Waals surface area (Å²) < 4.78 is 0. The summed E-state index contributed by atoms with van der Waals surface area (Å²) in [5.41, 5.74) is 0. The zero-order chi connectivity index (χ0) is 6.28. The average Bonchev–Trinajstić information content (AvgIpc) is 1.73. The second-order valence-corrected chi connectivity index (χ2v) is 0.542. The molecule has 0 spiro atoms. The van der Waals surface area contributed by atoms with Crippen LogP contribution in [0.2, 0.25) is 0 Å². The first kappa shape index (κ1) is 15.7. The van der Waals surface area contributed by atoms with E-state index in [1.807, 2.05) is 0 Å². The molecule has 2 nitrogen and oxygen atoms in total. The van der Waals surface area contributed by atoms with E-state index in [1.54, 1.807) is 0 Å². The summed E-state index contributed by atoms with van der Waals surface area (Å²) in [6.07, 6.45) is 0.833. The van der Waals surface area contributed by atoms with E-state index in [0.717, 1.165) is 6.08 Å². The Kier molecular flexibility index (Phi) is 30.8. The van der Waals surface area contributed by atoms with Crippen LogP contribution in [0, 0.1) is 0 Å². The molecule has 0 aromatic carbocycles. The normalized spacial score (nSPS) is 4.50. The van der Waals surface area contributed by atoms with E-state index in [1.165, 1.54) is 0 Å². The van der Waals surface area contributed by atoms with Crippen LogP contribution in [-0.4, -0.2) is 48.8 Å². The van der Waals surface area contributed by atoms with Crippen LogP contribution in [0.5, 0.6) is 0 Å². The number of rotatable bonds is 1. The summed E-state index contributed by atoms with van der Waals surface area (Å²) in [7, 11) is 0. The molecule has 0 amide bonds.